The second-order valence-electron chi connectivity index (χ2n) is 10.1. The molecule has 0 spiro atoms. The molecule has 0 unspecified atom stereocenters. The Labute approximate surface area is 234 Å². The van der Waals surface area contributed by atoms with Gasteiger partial charge in [-0.05, 0) is 55.2 Å². The topological polar surface area (TPSA) is 105 Å². The summed E-state index contributed by atoms with van der Waals surface area (Å²) in [6, 6.07) is 21.7. The maximum absolute atomic E-state index is 13.9. The van der Waals surface area contributed by atoms with Gasteiger partial charge in [0.2, 0.25) is 15.9 Å². The first-order chi connectivity index (χ1) is 19.3. The fourth-order valence-electron chi connectivity index (χ4n) is 5.19. The van der Waals surface area contributed by atoms with Gasteiger partial charge in [0.05, 0.1) is 25.3 Å². The van der Waals surface area contributed by atoms with Crippen LogP contribution in [0.1, 0.15) is 24.0 Å². The molecule has 10 heteroatoms. The van der Waals surface area contributed by atoms with Crippen molar-refractivity contribution in [1.29, 1.82) is 0 Å². The number of sulfonamides is 1. The van der Waals surface area contributed by atoms with Crippen LogP contribution < -0.4 is 19.7 Å². The summed E-state index contributed by atoms with van der Waals surface area (Å²) in [6.45, 7) is 2.55. The highest BCUT2D eigenvalue weighted by Gasteiger charge is 2.40. The SMILES string of the molecule is COc1ccc(C)cc1S(=O)(=O)N1CCC[C@H](C(=O)N2C[C@@H](C(=O)NCc3ccccc3)Oc3ccccc32)C1. The number of methoxy groups -OCH3 is 1. The Morgan fingerprint density at radius 3 is 2.55 bits per heavy atom. The second kappa shape index (κ2) is 11.7. The van der Waals surface area contributed by atoms with Crippen LogP contribution in [0.2, 0.25) is 0 Å². The van der Waals surface area contributed by atoms with E-state index in [1.165, 1.54) is 11.4 Å². The molecule has 3 aromatic rings. The molecule has 0 aromatic heterocycles. The van der Waals surface area contributed by atoms with Crippen LogP contribution in [-0.4, -0.2) is 57.4 Å². The zero-order valence-corrected chi connectivity index (χ0v) is 23.4. The van der Waals surface area contributed by atoms with Crippen LogP contribution in [0.4, 0.5) is 5.69 Å². The number of nitrogens with zero attached hydrogens (tertiary/aromatic N) is 2. The molecular weight excluding hydrogens is 530 g/mol. The average molecular weight is 564 g/mol. The summed E-state index contributed by atoms with van der Waals surface area (Å²) >= 11 is 0. The third-order valence-corrected chi connectivity index (χ3v) is 9.20. The van der Waals surface area contributed by atoms with E-state index in [2.05, 4.69) is 5.32 Å². The van der Waals surface area contributed by atoms with Gasteiger partial charge in [-0.15, -0.1) is 0 Å². The monoisotopic (exact) mass is 563 g/mol. The van der Waals surface area contributed by atoms with Gasteiger partial charge in [-0.3, -0.25) is 9.59 Å². The summed E-state index contributed by atoms with van der Waals surface area (Å²) in [5.74, 6) is -0.418. The van der Waals surface area contributed by atoms with Crippen molar-refractivity contribution in [3.63, 3.8) is 0 Å². The van der Waals surface area contributed by atoms with Crippen molar-refractivity contribution in [3.8, 4) is 11.5 Å². The molecule has 1 fully saturated rings. The summed E-state index contributed by atoms with van der Waals surface area (Å²) in [4.78, 5) is 28.7. The number of benzene rings is 3. The van der Waals surface area contributed by atoms with E-state index in [4.69, 9.17) is 9.47 Å². The molecule has 1 N–H and O–H groups in total. The molecular formula is C30H33N3O6S. The standard InChI is InChI=1S/C30H33N3O6S/c1-21-14-15-26(38-2)28(17-21)40(36,37)32-16-8-11-23(19-32)30(35)33-20-27(39-25-13-7-6-12-24(25)33)29(34)31-18-22-9-4-3-5-10-22/h3-7,9-10,12-15,17,23,27H,8,11,16,18-20H2,1-2H3,(H,31,34)/t23-,27-/m0/s1. The second-order valence-corrected chi connectivity index (χ2v) is 12.0. The smallest absolute Gasteiger partial charge is 0.263 e. The van der Waals surface area contributed by atoms with E-state index in [0.717, 1.165) is 11.1 Å². The van der Waals surface area contributed by atoms with Crippen molar-refractivity contribution in [2.45, 2.75) is 37.3 Å². The van der Waals surface area contributed by atoms with Gasteiger partial charge in [-0.25, -0.2) is 8.42 Å². The minimum atomic E-state index is -3.89. The van der Waals surface area contributed by atoms with E-state index in [1.54, 1.807) is 47.4 Å². The molecule has 2 heterocycles. The number of rotatable bonds is 7. The molecule has 3 aromatic carbocycles. The largest absolute Gasteiger partial charge is 0.495 e. The molecule has 0 radical (unpaired) electrons. The zero-order valence-electron chi connectivity index (χ0n) is 22.6. The normalized spacial score (nSPS) is 19.3. The number of aryl methyl sites for hydroxylation is 1. The van der Waals surface area contributed by atoms with Gasteiger partial charge in [0.15, 0.2) is 6.10 Å². The summed E-state index contributed by atoms with van der Waals surface area (Å²) < 4.78 is 40.0. The summed E-state index contributed by atoms with van der Waals surface area (Å²) in [7, 11) is -2.46. The number of hydrogen-bond donors (Lipinski definition) is 1. The predicted octanol–water partition coefficient (Wildman–Crippen LogP) is 3.51. The van der Waals surface area contributed by atoms with Crippen molar-refractivity contribution in [2.75, 3.05) is 31.6 Å². The van der Waals surface area contributed by atoms with E-state index in [-0.39, 0.29) is 35.5 Å². The van der Waals surface area contributed by atoms with Crippen molar-refractivity contribution in [2.24, 2.45) is 5.92 Å². The average Bonchev–Trinajstić information content (AvgIpc) is 2.99. The minimum Gasteiger partial charge on any atom is -0.495 e. The van der Waals surface area contributed by atoms with Crippen molar-refractivity contribution >= 4 is 27.5 Å². The van der Waals surface area contributed by atoms with E-state index < -0.39 is 22.0 Å². The van der Waals surface area contributed by atoms with Crippen LogP contribution in [0, 0.1) is 12.8 Å². The summed E-state index contributed by atoms with van der Waals surface area (Å²) in [5.41, 5.74) is 2.32. The summed E-state index contributed by atoms with van der Waals surface area (Å²) in [6.07, 6.45) is 0.180. The lowest BCUT2D eigenvalue weighted by Crippen LogP contribution is -2.53. The highest BCUT2D eigenvalue weighted by Crippen LogP contribution is 2.36. The van der Waals surface area contributed by atoms with Gasteiger partial charge in [0.1, 0.15) is 16.4 Å². The van der Waals surface area contributed by atoms with Crippen molar-refractivity contribution < 1.29 is 27.5 Å². The molecule has 2 amide bonds. The van der Waals surface area contributed by atoms with Gasteiger partial charge >= 0.3 is 0 Å². The van der Waals surface area contributed by atoms with Crippen LogP contribution in [0.5, 0.6) is 11.5 Å². The first-order valence-electron chi connectivity index (χ1n) is 13.3. The van der Waals surface area contributed by atoms with Gasteiger partial charge in [0.25, 0.3) is 5.91 Å². The van der Waals surface area contributed by atoms with Crippen molar-refractivity contribution in [3.05, 3.63) is 83.9 Å². The number of nitrogens with one attached hydrogen (secondary N) is 1. The fraction of sp³-hybridized carbons (Fsp3) is 0.333. The lowest BCUT2D eigenvalue weighted by molar-refractivity contribution is -0.129. The molecule has 2 aliphatic heterocycles. The molecule has 40 heavy (non-hydrogen) atoms. The number of fused-ring (bicyclic) bond motifs is 1. The number of amides is 2. The van der Waals surface area contributed by atoms with Crippen LogP contribution >= 0.6 is 0 Å². The maximum atomic E-state index is 13.9. The van der Waals surface area contributed by atoms with Gasteiger partial charge < -0.3 is 19.7 Å². The number of ether oxygens (including phenoxy) is 2. The highest BCUT2D eigenvalue weighted by atomic mass is 32.2. The molecule has 2 aliphatic rings. The highest BCUT2D eigenvalue weighted by molar-refractivity contribution is 7.89. The number of carbonyl (C=O) groups is 2. The molecule has 210 valence electrons. The summed E-state index contributed by atoms with van der Waals surface area (Å²) in [5, 5.41) is 2.90. The number of anilines is 1. The Hall–Kier alpha value is -3.89. The van der Waals surface area contributed by atoms with E-state index in [0.29, 0.717) is 37.4 Å². The van der Waals surface area contributed by atoms with Crippen LogP contribution in [0.25, 0.3) is 0 Å². The van der Waals surface area contributed by atoms with Crippen molar-refractivity contribution in [1.82, 2.24) is 9.62 Å². The first kappa shape index (κ1) is 27.7. The lowest BCUT2D eigenvalue weighted by Gasteiger charge is -2.38. The maximum Gasteiger partial charge on any atom is 0.263 e. The molecule has 5 rings (SSSR count). The van der Waals surface area contributed by atoms with Gasteiger partial charge in [-0.2, -0.15) is 4.31 Å². The Morgan fingerprint density at radius 1 is 1.02 bits per heavy atom. The Bertz CT molecular complexity index is 1490. The third-order valence-electron chi connectivity index (χ3n) is 7.31. The quantitative estimate of drug-likeness (QED) is 0.472. The van der Waals surface area contributed by atoms with Gasteiger partial charge in [0, 0.05) is 19.6 Å². The molecule has 0 saturated carbocycles. The minimum absolute atomic E-state index is 0.0332. The molecule has 0 bridgehead atoms. The van der Waals surface area contributed by atoms with E-state index >= 15 is 0 Å². The zero-order chi connectivity index (χ0) is 28.3. The molecule has 0 aliphatic carbocycles. The third kappa shape index (κ3) is 5.68. The number of piperidine rings is 1. The van der Waals surface area contributed by atoms with Crippen LogP contribution in [0.15, 0.2) is 77.7 Å². The number of para-hydroxylation sites is 2. The van der Waals surface area contributed by atoms with Gasteiger partial charge in [-0.1, -0.05) is 48.5 Å². The van der Waals surface area contributed by atoms with E-state index in [9.17, 15) is 18.0 Å². The van der Waals surface area contributed by atoms with E-state index in [1.807, 2.05) is 37.3 Å². The van der Waals surface area contributed by atoms with Crippen LogP contribution in [-0.2, 0) is 26.2 Å². The Kier molecular flexibility index (Phi) is 8.09. The lowest BCUT2D eigenvalue weighted by atomic mass is 9.97. The molecule has 1 saturated heterocycles. The Balaban J connectivity index is 1.35. The van der Waals surface area contributed by atoms with Crippen LogP contribution in [0.3, 0.4) is 0 Å². The molecule has 9 nitrogen and oxygen atoms in total. The predicted molar refractivity (Wildman–Crippen MR) is 151 cm³/mol. The molecule has 2 atom stereocenters. The Morgan fingerprint density at radius 2 is 1.77 bits per heavy atom. The number of hydrogen-bond acceptors (Lipinski definition) is 6. The fourth-order valence-corrected chi connectivity index (χ4v) is 6.95. The number of carbonyl (C=O) groups excluding carboxylic acids is 2. The first-order valence-corrected chi connectivity index (χ1v) is 14.8.